The molecule has 4 aromatic carbocycles. The fourth-order valence-corrected chi connectivity index (χ4v) is 4.78. The maximum Gasteiger partial charge on any atom is 0.255 e. The summed E-state index contributed by atoms with van der Waals surface area (Å²) in [5.74, 6) is 0.187. The summed E-state index contributed by atoms with van der Waals surface area (Å²) < 4.78 is 20.1. The van der Waals surface area contributed by atoms with Crippen LogP contribution in [0.3, 0.4) is 0 Å². The van der Waals surface area contributed by atoms with Crippen LogP contribution in [-0.4, -0.2) is 24.0 Å². The Balaban J connectivity index is 1.58. The van der Waals surface area contributed by atoms with Gasteiger partial charge in [0.1, 0.15) is 11.6 Å². The Labute approximate surface area is 199 Å². The van der Waals surface area contributed by atoms with Crippen LogP contribution in [0, 0.1) is 5.82 Å². The van der Waals surface area contributed by atoms with E-state index in [1.807, 2.05) is 65.6 Å². The molecule has 0 unspecified atom stereocenters. The average Bonchev–Trinajstić information content (AvgIpc) is 3.32. The van der Waals surface area contributed by atoms with E-state index in [1.54, 1.807) is 25.3 Å². The summed E-state index contributed by atoms with van der Waals surface area (Å²) in [7, 11) is 1.59. The highest BCUT2D eigenvalue weighted by Gasteiger charge is 2.32. The predicted molar refractivity (Wildman–Crippen MR) is 132 cm³/mol. The lowest BCUT2D eigenvalue weighted by molar-refractivity contribution is 0.0666. The van der Waals surface area contributed by atoms with E-state index in [9.17, 15) is 9.18 Å². The fraction of sp³-hybridized carbons (Fsp3) is 0.167. The summed E-state index contributed by atoms with van der Waals surface area (Å²) in [6.07, 6.45) is 1.50. The van der Waals surface area contributed by atoms with Gasteiger partial charge in [-0.3, -0.25) is 4.79 Å². The molecule has 1 amide bonds. The van der Waals surface area contributed by atoms with Gasteiger partial charge in [-0.2, -0.15) is 0 Å². The zero-order valence-corrected chi connectivity index (χ0v) is 19.1. The first-order chi connectivity index (χ1) is 16.6. The molecule has 5 rings (SSSR count). The van der Waals surface area contributed by atoms with Gasteiger partial charge in [-0.1, -0.05) is 72.8 Å². The second kappa shape index (κ2) is 9.52. The number of hydrogen-bond donors (Lipinski definition) is 0. The third-order valence-corrected chi connectivity index (χ3v) is 6.57. The van der Waals surface area contributed by atoms with E-state index < -0.39 is 0 Å². The Hall–Kier alpha value is -3.92. The number of methoxy groups -OCH3 is 1. The number of benzene rings is 4. The number of amides is 1. The minimum absolute atomic E-state index is 0.0562. The summed E-state index contributed by atoms with van der Waals surface area (Å²) in [5, 5.41) is 0. The van der Waals surface area contributed by atoms with Gasteiger partial charge < -0.3 is 9.64 Å². The Morgan fingerprint density at radius 3 is 2.21 bits per heavy atom. The maximum absolute atomic E-state index is 14.7. The zero-order chi connectivity index (χ0) is 23.5. The first-order valence-electron chi connectivity index (χ1n) is 11.5. The largest absolute Gasteiger partial charge is 0.497 e. The molecular weight excluding hydrogens is 425 g/mol. The Morgan fingerprint density at radius 2 is 1.53 bits per heavy atom. The van der Waals surface area contributed by atoms with Gasteiger partial charge in [-0.25, -0.2) is 4.39 Å². The highest BCUT2D eigenvalue weighted by molar-refractivity contribution is 6.01. The number of hydrogen-bond acceptors (Lipinski definition) is 2. The molecule has 4 heteroatoms. The molecule has 4 aromatic rings. The highest BCUT2D eigenvalue weighted by atomic mass is 19.1. The first-order valence-corrected chi connectivity index (χ1v) is 11.5. The van der Waals surface area contributed by atoms with Gasteiger partial charge in [0.25, 0.3) is 5.91 Å². The predicted octanol–water partition coefficient (Wildman–Crippen LogP) is 6.31. The van der Waals surface area contributed by atoms with Crippen molar-refractivity contribution in [2.24, 2.45) is 0 Å². The molecular formula is C30H26FNO2. The quantitative estimate of drug-likeness (QED) is 0.344. The summed E-state index contributed by atoms with van der Waals surface area (Å²) in [4.78, 5) is 16.0. The summed E-state index contributed by atoms with van der Waals surface area (Å²) >= 11 is 0. The molecule has 0 fully saturated rings. The number of ether oxygens (including phenoxy) is 1. The van der Waals surface area contributed by atoms with Crippen LogP contribution in [0.1, 0.15) is 27.0 Å². The van der Waals surface area contributed by atoms with E-state index >= 15 is 0 Å². The number of fused-ring (bicyclic) bond motifs is 1. The van der Waals surface area contributed by atoms with Crippen LogP contribution in [-0.2, 0) is 19.4 Å². The van der Waals surface area contributed by atoms with Crippen molar-refractivity contribution in [2.75, 3.05) is 7.11 Å². The Kier molecular flexibility index (Phi) is 6.13. The van der Waals surface area contributed by atoms with E-state index in [1.165, 1.54) is 17.2 Å². The standard InChI is InChI=1S/C30H26FNO2/c1-34-26-15-16-27(21-9-3-2-4-10-21)28(19-26)30(33)32(20-24-13-7-8-14-29(24)31)25-17-22-11-5-6-12-23(22)18-25/h2-16,19,25H,17-18,20H2,1H3. The van der Waals surface area contributed by atoms with Crippen molar-refractivity contribution in [1.29, 1.82) is 0 Å². The van der Waals surface area contributed by atoms with Gasteiger partial charge in [0, 0.05) is 18.2 Å². The minimum Gasteiger partial charge on any atom is -0.497 e. The Morgan fingerprint density at radius 1 is 0.882 bits per heavy atom. The molecule has 0 saturated heterocycles. The van der Waals surface area contributed by atoms with Gasteiger partial charge in [0.15, 0.2) is 0 Å². The van der Waals surface area contributed by atoms with Crippen LogP contribution < -0.4 is 4.74 Å². The van der Waals surface area contributed by atoms with Crippen LogP contribution in [0.25, 0.3) is 11.1 Å². The molecule has 0 radical (unpaired) electrons. The number of halogens is 1. The molecule has 0 heterocycles. The summed E-state index contributed by atoms with van der Waals surface area (Å²) in [6.45, 7) is 0.204. The molecule has 0 aromatic heterocycles. The summed E-state index contributed by atoms with van der Waals surface area (Å²) in [6, 6.07) is 30.3. The molecule has 0 saturated carbocycles. The molecule has 34 heavy (non-hydrogen) atoms. The average molecular weight is 452 g/mol. The van der Waals surface area contributed by atoms with Crippen molar-refractivity contribution in [3.05, 3.63) is 125 Å². The lowest BCUT2D eigenvalue weighted by Gasteiger charge is -2.30. The van der Waals surface area contributed by atoms with Crippen molar-refractivity contribution in [2.45, 2.75) is 25.4 Å². The molecule has 0 aliphatic heterocycles. The number of rotatable bonds is 6. The molecule has 0 atom stereocenters. The van der Waals surface area contributed by atoms with Crippen LogP contribution in [0.4, 0.5) is 4.39 Å². The van der Waals surface area contributed by atoms with Gasteiger partial charge in [-0.05, 0) is 59.4 Å². The van der Waals surface area contributed by atoms with Crippen LogP contribution in [0.5, 0.6) is 5.75 Å². The lowest BCUT2D eigenvalue weighted by Crippen LogP contribution is -2.41. The number of carbonyl (C=O) groups is 1. The van der Waals surface area contributed by atoms with Gasteiger partial charge in [0.05, 0.1) is 12.7 Å². The molecule has 170 valence electrons. The normalized spacial score (nSPS) is 12.9. The number of carbonyl (C=O) groups excluding carboxylic acids is 1. The third kappa shape index (κ3) is 4.32. The Bertz CT molecular complexity index is 1290. The topological polar surface area (TPSA) is 29.5 Å². The summed E-state index contributed by atoms with van der Waals surface area (Å²) in [5.41, 5.74) is 5.34. The van der Waals surface area contributed by atoms with Crippen molar-refractivity contribution in [3.63, 3.8) is 0 Å². The van der Waals surface area contributed by atoms with Crippen LogP contribution in [0.15, 0.2) is 97.1 Å². The van der Waals surface area contributed by atoms with Gasteiger partial charge >= 0.3 is 0 Å². The maximum atomic E-state index is 14.7. The lowest BCUT2D eigenvalue weighted by atomic mass is 9.97. The SMILES string of the molecule is COc1ccc(-c2ccccc2)c(C(=O)N(Cc2ccccc2F)C2Cc3ccccc3C2)c1. The first kappa shape index (κ1) is 21.9. The molecule has 1 aliphatic rings. The number of nitrogens with zero attached hydrogens (tertiary/aromatic N) is 1. The molecule has 3 nitrogen and oxygen atoms in total. The smallest absolute Gasteiger partial charge is 0.255 e. The van der Waals surface area contributed by atoms with Crippen molar-refractivity contribution >= 4 is 5.91 Å². The second-order valence-electron chi connectivity index (χ2n) is 8.63. The van der Waals surface area contributed by atoms with Crippen molar-refractivity contribution in [3.8, 4) is 16.9 Å². The zero-order valence-electron chi connectivity index (χ0n) is 19.1. The second-order valence-corrected chi connectivity index (χ2v) is 8.63. The highest BCUT2D eigenvalue weighted by Crippen LogP contribution is 2.32. The van der Waals surface area contributed by atoms with Gasteiger partial charge in [0.2, 0.25) is 0 Å². The molecule has 0 spiro atoms. The third-order valence-electron chi connectivity index (χ3n) is 6.57. The fourth-order valence-electron chi connectivity index (χ4n) is 4.78. The minimum atomic E-state index is -0.301. The monoisotopic (exact) mass is 451 g/mol. The molecule has 0 bridgehead atoms. The van der Waals surface area contributed by atoms with Gasteiger partial charge in [-0.15, -0.1) is 0 Å². The van der Waals surface area contributed by atoms with E-state index in [2.05, 4.69) is 12.1 Å². The molecule has 0 N–H and O–H groups in total. The molecule has 1 aliphatic carbocycles. The van der Waals surface area contributed by atoms with E-state index in [0.29, 0.717) is 16.9 Å². The van der Waals surface area contributed by atoms with E-state index in [0.717, 1.165) is 24.0 Å². The van der Waals surface area contributed by atoms with Crippen molar-refractivity contribution in [1.82, 2.24) is 4.90 Å². The van der Waals surface area contributed by atoms with E-state index in [-0.39, 0.29) is 24.3 Å². The van der Waals surface area contributed by atoms with Crippen LogP contribution in [0.2, 0.25) is 0 Å². The van der Waals surface area contributed by atoms with Crippen molar-refractivity contribution < 1.29 is 13.9 Å². The van der Waals surface area contributed by atoms with E-state index in [4.69, 9.17) is 4.74 Å². The van der Waals surface area contributed by atoms with Crippen LogP contribution >= 0.6 is 0 Å².